The summed E-state index contributed by atoms with van der Waals surface area (Å²) in [6.45, 7) is 2.62. The van der Waals surface area contributed by atoms with Gasteiger partial charge in [0.25, 0.3) is 0 Å². The summed E-state index contributed by atoms with van der Waals surface area (Å²) in [7, 11) is 0. The van der Waals surface area contributed by atoms with Crippen LogP contribution >= 0.6 is 15.9 Å². The summed E-state index contributed by atoms with van der Waals surface area (Å²) in [6, 6.07) is 8.12. The van der Waals surface area contributed by atoms with E-state index in [2.05, 4.69) is 26.6 Å². The van der Waals surface area contributed by atoms with Crippen LogP contribution in [0.4, 0.5) is 0 Å². The second-order valence-corrected chi connectivity index (χ2v) is 5.67. The van der Waals surface area contributed by atoms with Crippen molar-refractivity contribution in [1.82, 2.24) is 4.57 Å². The van der Waals surface area contributed by atoms with Gasteiger partial charge in [0.1, 0.15) is 0 Å². The Morgan fingerprint density at radius 3 is 2.88 bits per heavy atom. The number of para-hydroxylation sites is 1. The molecule has 1 saturated carbocycles. The first-order chi connectivity index (χ1) is 8.16. The highest BCUT2D eigenvalue weighted by atomic mass is 79.9. The molecule has 0 atom stereocenters. The molecular weight excluding hydrogens is 278 g/mol. The van der Waals surface area contributed by atoms with Gasteiger partial charge in [-0.15, -0.1) is 0 Å². The number of halogens is 1. The monoisotopic (exact) mass is 291 g/mol. The SMILES string of the molecule is CC(=O)c1cc2cccc(Br)c2n1CC1CC1. The number of hydrogen-bond donors (Lipinski definition) is 0. The number of Topliss-reactive ketones (excluding diaryl/α,β-unsaturated/α-hetero) is 1. The third-order valence-corrected chi connectivity index (χ3v) is 4.01. The summed E-state index contributed by atoms with van der Waals surface area (Å²) in [4.78, 5) is 11.7. The van der Waals surface area contributed by atoms with Gasteiger partial charge < -0.3 is 4.57 Å². The molecule has 0 radical (unpaired) electrons. The smallest absolute Gasteiger partial charge is 0.176 e. The number of nitrogens with zero attached hydrogens (tertiary/aromatic N) is 1. The molecule has 2 nitrogen and oxygen atoms in total. The van der Waals surface area contributed by atoms with Crippen LogP contribution in [-0.4, -0.2) is 10.4 Å². The van der Waals surface area contributed by atoms with Gasteiger partial charge in [0.05, 0.1) is 11.2 Å². The molecule has 1 aromatic carbocycles. The molecule has 1 aliphatic carbocycles. The van der Waals surface area contributed by atoms with Gasteiger partial charge in [0.2, 0.25) is 0 Å². The fraction of sp³-hybridized carbons (Fsp3) is 0.357. The van der Waals surface area contributed by atoms with E-state index in [0.29, 0.717) is 0 Å². The van der Waals surface area contributed by atoms with Crippen molar-refractivity contribution < 1.29 is 4.79 Å². The van der Waals surface area contributed by atoms with Crippen LogP contribution in [0, 0.1) is 5.92 Å². The lowest BCUT2D eigenvalue weighted by Gasteiger charge is -2.09. The second-order valence-electron chi connectivity index (χ2n) is 4.82. The minimum Gasteiger partial charge on any atom is -0.337 e. The van der Waals surface area contributed by atoms with Gasteiger partial charge in [-0.2, -0.15) is 0 Å². The molecule has 0 spiro atoms. The zero-order valence-electron chi connectivity index (χ0n) is 9.74. The van der Waals surface area contributed by atoms with E-state index < -0.39 is 0 Å². The molecule has 0 aliphatic heterocycles. The molecule has 1 heterocycles. The van der Waals surface area contributed by atoms with E-state index in [9.17, 15) is 4.79 Å². The van der Waals surface area contributed by atoms with Crippen molar-refractivity contribution in [1.29, 1.82) is 0 Å². The Morgan fingerprint density at radius 1 is 1.47 bits per heavy atom. The predicted molar refractivity (Wildman–Crippen MR) is 72.4 cm³/mol. The maximum Gasteiger partial charge on any atom is 0.176 e. The lowest BCUT2D eigenvalue weighted by Crippen LogP contribution is -2.08. The van der Waals surface area contributed by atoms with Crippen LogP contribution in [0.3, 0.4) is 0 Å². The Labute approximate surface area is 109 Å². The maximum absolute atomic E-state index is 11.7. The third-order valence-electron chi connectivity index (χ3n) is 3.37. The van der Waals surface area contributed by atoms with Crippen molar-refractivity contribution in [3.63, 3.8) is 0 Å². The molecule has 0 amide bonds. The molecule has 0 saturated heterocycles. The highest BCUT2D eigenvalue weighted by Crippen LogP contribution is 2.35. The van der Waals surface area contributed by atoms with Crippen molar-refractivity contribution in [2.75, 3.05) is 0 Å². The molecule has 3 rings (SSSR count). The molecule has 0 bridgehead atoms. The van der Waals surface area contributed by atoms with Crippen molar-refractivity contribution in [3.05, 3.63) is 34.4 Å². The summed E-state index contributed by atoms with van der Waals surface area (Å²) < 4.78 is 3.25. The van der Waals surface area contributed by atoms with Gasteiger partial charge in [-0.1, -0.05) is 12.1 Å². The number of carbonyl (C=O) groups is 1. The van der Waals surface area contributed by atoms with Crippen LogP contribution in [0.1, 0.15) is 30.3 Å². The van der Waals surface area contributed by atoms with Crippen molar-refractivity contribution in [3.8, 4) is 0 Å². The Hall–Kier alpha value is -1.09. The predicted octanol–water partition coefficient (Wildman–Crippen LogP) is 4.02. The van der Waals surface area contributed by atoms with Crippen LogP contribution < -0.4 is 0 Å². The van der Waals surface area contributed by atoms with Crippen LogP contribution in [0.25, 0.3) is 10.9 Å². The lowest BCUT2D eigenvalue weighted by atomic mass is 10.2. The number of rotatable bonds is 3. The van der Waals surface area contributed by atoms with E-state index in [1.807, 2.05) is 18.2 Å². The van der Waals surface area contributed by atoms with Crippen molar-refractivity contribution >= 4 is 32.6 Å². The fourth-order valence-corrected chi connectivity index (χ4v) is 2.91. The molecule has 88 valence electrons. The van der Waals surface area contributed by atoms with E-state index in [-0.39, 0.29) is 5.78 Å². The average Bonchev–Trinajstić information content (AvgIpc) is 2.99. The minimum absolute atomic E-state index is 0.147. The van der Waals surface area contributed by atoms with Gasteiger partial charge in [-0.05, 0) is 46.8 Å². The highest BCUT2D eigenvalue weighted by molar-refractivity contribution is 9.10. The largest absolute Gasteiger partial charge is 0.337 e. The zero-order chi connectivity index (χ0) is 12.0. The van der Waals surface area contributed by atoms with Crippen molar-refractivity contribution in [2.24, 2.45) is 5.92 Å². The lowest BCUT2D eigenvalue weighted by molar-refractivity contribution is 0.100. The van der Waals surface area contributed by atoms with Gasteiger partial charge in [-0.25, -0.2) is 0 Å². The summed E-state index contributed by atoms with van der Waals surface area (Å²) in [5, 5.41) is 1.14. The molecule has 1 aliphatic rings. The zero-order valence-corrected chi connectivity index (χ0v) is 11.3. The van der Waals surface area contributed by atoms with E-state index in [4.69, 9.17) is 0 Å². The van der Waals surface area contributed by atoms with E-state index >= 15 is 0 Å². The number of hydrogen-bond acceptors (Lipinski definition) is 1. The normalized spacial score (nSPS) is 15.4. The molecule has 0 unspecified atom stereocenters. The molecule has 1 aromatic heterocycles. The number of carbonyl (C=O) groups excluding carboxylic acids is 1. The van der Waals surface area contributed by atoms with Gasteiger partial charge in [0.15, 0.2) is 5.78 Å². The van der Waals surface area contributed by atoms with E-state index in [1.54, 1.807) is 6.92 Å². The second kappa shape index (κ2) is 3.98. The number of fused-ring (bicyclic) bond motifs is 1. The summed E-state index contributed by atoms with van der Waals surface area (Å²) in [5.74, 6) is 0.907. The standard InChI is InChI=1S/C14H14BrNO/c1-9(17)13-7-11-3-2-4-12(15)14(11)16(13)8-10-5-6-10/h2-4,7,10H,5-6,8H2,1H3. The molecule has 1 fully saturated rings. The van der Waals surface area contributed by atoms with E-state index in [1.165, 1.54) is 12.8 Å². The van der Waals surface area contributed by atoms with Crippen LogP contribution in [-0.2, 0) is 6.54 Å². The highest BCUT2D eigenvalue weighted by Gasteiger charge is 2.25. The van der Waals surface area contributed by atoms with Gasteiger partial charge in [0, 0.05) is 23.3 Å². The first kappa shape index (κ1) is 11.0. The van der Waals surface area contributed by atoms with E-state index in [0.717, 1.165) is 33.5 Å². The van der Waals surface area contributed by atoms with Crippen LogP contribution in [0.15, 0.2) is 28.7 Å². The molecule has 0 N–H and O–H groups in total. The average molecular weight is 292 g/mol. The third kappa shape index (κ3) is 1.93. The van der Waals surface area contributed by atoms with Crippen molar-refractivity contribution in [2.45, 2.75) is 26.3 Å². The summed E-state index contributed by atoms with van der Waals surface area (Å²) in [5.41, 5.74) is 1.99. The summed E-state index contributed by atoms with van der Waals surface area (Å²) >= 11 is 3.59. The first-order valence-corrected chi connectivity index (χ1v) is 6.75. The molecule has 3 heteroatoms. The maximum atomic E-state index is 11.7. The number of ketones is 1. The van der Waals surface area contributed by atoms with Crippen LogP contribution in [0.5, 0.6) is 0 Å². The quantitative estimate of drug-likeness (QED) is 0.783. The van der Waals surface area contributed by atoms with Gasteiger partial charge in [-0.3, -0.25) is 4.79 Å². The Kier molecular flexibility index (Phi) is 2.58. The number of aromatic nitrogens is 1. The van der Waals surface area contributed by atoms with Crippen LogP contribution in [0.2, 0.25) is 0 Å². The molecular formula is C14H14BrNO. The summed E-state index contributed by atoms with van der Waals surface area (Å²) in [6.07, 6.45) is 2.59. The molecule has 17 heavy (non-hydrogen) atoms. The fourth-order valence-electron chi connectivity index (χ4n) is 2.32. The Balaban J connectivity index is 2.24. The minimum atomic E-state index is 0.147. The Morgan fingerprint density at radius 2 is 2.24 bits per heavy atom. The topological polar surface area (TPSA) is 22.0 Å². The first-order valence-electron chi connectivity index (χ1n) is 5.95. The van der Waals surface area contributed by atoms with Gasteiger partial charge >= 0.3 is 0 Å². The molecule has 2 aromatic rings. The Bertz CT molecular complexity index is 596. The number of benzene rings is 1.